The average molecular weight is 384 g/mol. The van der Waals surface area contributed by atoms with Crippen LogP contribution < -0.4 is 10.5 Å². The largest absolute Gasteiger partial charge is 0.476 e. The van der Waals surface area contributed by atoms with Gasteiger partial charge in [0.15, 0.2) is 0 Å². The maximum atomic E-state index is 11.7. The molecule has 0 amide bonds. The molecule has 8 heteroatoms. The fraction of sp³-hybridized carbons (Fsp3) is 0.300. The number of aliphatic imine (C=N–C) groups is 1. The molecule has 8 nitrogen and oxygen atoms in total. The molecule has 2 rings (SSSR count). The molecule has 0 spiro atoms. The second-order valence-electron chi connectivity index (χ2n) is 6.63. The molecule has 1 heterocycles. The van der Waals surface area contributed by atoms with Gasteiger partial charge in [0.1, 0.15) is 12.4 Å². The molecule has 0 atom stereocenters. The summed E-state index contributed by atoms with van der Waals surface area (Å²) in [5.74, 6) is 0.285. The molecular formula is C20H24N4O4. The second kappa shape index (κ2) is 8.98. The Labute approximate surface area is 163 Å². The summed E-state index contributed by atoms with van der Waals surface area (Å²) in [5.41, 5.74) is 7.60. The summed E-state index contributed by atoms with van der Waals surface area (Å²) >= 11 is 0. The summed E-state index contributed by atoms with van der Waals surface area (Å²) in [4.78, 5) is 19.8. The normalized spacial score (nSPS) is 11.6. The molecular weight excluding hydrogens is 360 g/mol. The molecule has 1 aromatic carbocycles. The summed E-state index contributed by atoms with van der Waals surface area (Å²) in [6.07, 6.45) is 1.69. The topological polar surface area (TPSA) is 120 Å². The standard InChI is InChI=1S/C20H24N4O4/c1-20(2,18(25)26-3)12-28-16-10-9-15(11-23-16)13-5-7-14(8-6-13)17(21)24-19(22)27-4/h5-11H,12H2,1-4H3,(H3,21,22,24). The van der Waals surface area contributed by atoms with Gasteiger partial charge in [-0.15, -0.1) is 0 Å². The molecule has 3 N–H and O–H groups in total. The van der Waals surface area contributed by atoms with Crippen LogP contribution >= 0.6 is 0 Å². The van der Waals surface area contributed by atoms with E-state index in [2.05, 4.69) is 14.7 Å². The van der Waals surface area contributed by atoms with E-state index in [1.54, 1.807) is 38.2 Å². The quantitative estimate of drug-likeness (QED) is 0.449. The van der Waals surface area contributed by atoms with Crippen molar-refractivity contribution in [2.24, 2.45) is 16.1 Å². The van der Waals surface area contributed by atoms with Crippen molar-refractivity contribution < 1.29 is 19.0 Å². The van der Waals surface area contributed by atoms with E-state index in [1.165, 1.54) is 14.2 Å². The monoisotopic (exact) mass is 384 g/mol. The van der Waals surface area contributed by atoms with Crippen LogP contribution in [-0.4, -0.2) is 43.6 Å². The van der Waals surface area contributed by atoms with Gasteiger partial charge in [-0.3, -0.25) is 4.79 Å². The molecule has 0 saturated carbocycles. The lowest BCUT2D eigenvalue weighted by atomic mass is 9.95. The van der Waals surface area contributed by atoms with E-state index in [0.29, 0.717) is 11.4 Å². The van der Waals surface area contributed by atoms with Crippen molar-refractivity contribution in [3.63, 3.8) is 0 Å². The Morgan fingerprint density at radius 3 is 2.29 bits per heavy atom. The van der Waals surface area contributed by atoms with E-state index in [0.717, 1.165) is 11.1 Å². The van der Waals surface area contributed by atoms with Crippen LogP contribution in [0.15, 0.2) is 47.6 Å². The van der Waals surface area contributed by atoms with Crippen LogP contribution in [0.5, 0.6) is 5.88 Å². The van der Waals surface area contributed by atoms with Gasteiger partial charge in [0.05, 0.1) is 19.6 Å². The van der Waals surface area contributed by atoms with Crippen molar-refractivity contribution in [2.75, 3.05) is 20.8 Å². The number of nitrogens with one attached hydrogen (secondary N) is 1. The van der Waals surface area contributed by atoms with E-state index in [1.807, 2.05) is 18.2 Å². The first-order valence-corrected chi connectivity index (χ1v) is 8.51. The summed E-state index contributed by atoms with van der Waals surface area (Å²) in [6.45, 7) is 3.66. The number of pyridine rings is 1. The number of nitrogens with zero attached hydrogens (tertiary/aromatic N) is 2. The second-order valence-corrected chi connectivity index (χ2v) is 6.63. The molecule has 0 unspecified atom stereocenters. The van der Waals surface area contributed by atoms with Crippen molar-refractivity contribution >= 4 is 17.8 Å². The lowest BCUT2D eigenvalue weighted by Crippen LogP contribution is -2.32. The van der Waals surface area contributed by atoms with Crippen LogP contribution in [0.2, 0.25) is 0 Å². The Hall–Kier alpha value is -3.42. The summed E-state index contributed by atoms with van der Waals surface area (Å²) in [5, 5.41) is 7.39. The van der Waals surface area contributed by atoms with Crippen LogP contribution in [0.1, 0.15) is 19.4 Å². The zero-order valence-corrected chi connectivity index (χ0v) is 16.4. The van der Waals surface area contributed by atoms with Crippen molar-refractivity contribution in [1.82, 2.24) is 4.98 Å². The minimum absolute atomic E-state index is 0.163. The number of methoxy groups -OCH3 is 2. The molecule has 0 saturated heterocycles. The van der Waals surface area contributed by atoms with Gasteiger partial charge in [-0.05, 0) is 25.5 Å². The highest BCUT2D eigenvalue weighted by atomic mass is 16.5. The molecule has 0 aliphatic rings. The molecule has 28 heavy (non-hydrogen) atoms. The molecule has 0 bridgehead atoms. The molecule has 1 aromatic heterocycles. The van der Waals surface area contributed by atoms with E-state index in [-0.39, 0.29) is 24.4 Å². The number of ether oxygens (including phenoxy) is 3. The summed E-state index contributed by atoms with van der Waals surface area (Å²) in [6, 6.07) is 10.7. The van der Waals surface area contributed by atoms with Gasteiger partial charge in [0.2, 0.25) is 5.88 Å². The third-order valence-corrected chi connectivity index (χ3v) is 3.98. The predicted molar refractivity (Wildman–Crippen MR) is 106 cm³/mol. The summed E-state index contributed by atoms with van der Waals surface area (Å²) < 4.78 is 15.0. The van der Waals surface area contributed by atoms with Gasteiger partial charge in [-0.2, -0.15) is 4.99 Å². The first-order chi connectivity index (χ1) is 13.3. The minimum Gasteiger partial charge on any atom is -0.476 e. The summed E-state index contributed by atoms with van der Waals surface area (Å²) in [7, 11) is 2.71. The number of aromatic nitrogens is 1. The van der Waals surface area contributed by atoms with Crippen LogP contribution in [0.3, 0.4) is 0 Å². The fourth-order valence-electron chi connectivity index (χ4n) is 2.28. The Morgan fingerprint density at radius 2 is 1.75 bits per heavy atom. The molecule has 0 aliphatic carbocycles. The average Bonchev–Trinajstić information content (AvgIpc) is 2.72. The number of carbonyl (C=O) groups excluding carboxylic acids is 1. The maximum absolute atomic E-state index is 11.7. The van der Waals surface area contributed by atoms with Crippen LogP contribution in [0.4, 0.5) is 0 Å². The van der Waals surface area contributed by atoms with Crippen molar-refractivity contribution in [3.8, 4) is 17.0 Å². The Kier molecular flexibility index (Phi) is 6.70. The number of nitrogens with two attached hydrogens (primary N) is 1. The number of esters is 1. The van der Waals surface area contributed by atoms with Crippen LogP contribution in [-0.2, 0) is 14.3 Å². The zero-order valence-electron chi connectivity index (χ0n) is 16.4. The van der Waals surface area contributed by atoms with Crippen molar-refractivity contribution in [1.29, 1.82) is 5.41 Å². The minimum atomic E-state index is -0.758. The van der Waals surface area contributed by atoms with Gasteiger partial charge >= 0.3 is 12.0 Å². The van der Waals surface area contributed by atoms with Crippen LogP contribution in [0, 0.1) is 10.8 Å². The van der Waals surface area contributed by atoms with E-state index in [4.69, 9.17) is 20.6 Å². The van der Waals surface area contributed by atoms with Gasteiger partial charge < -0.3 is 19.9 Å². The Balaban J connectivity index is 2.06. The van der Waals surface area contributed by atoms with Crippen molar-refractivity contribution in [2.45, 2.75) is 13.8 Å². The number of rotatable bonds is 6. The highest BCUT2D eigenvalue weighted by molar-refractivity contribution is 6.03. The van der Waals surface area contributed by atoms with Crippen LogP contribution in [0.25, 0.3) is 11.1 Å². The highest BCUT2D eigenvalue weighted by Gasteiger charge is 2.29. The first-order valence-electron chi connectivity index (χ1n) is 8.51. The smallest absolute Gasteiger partial charge is 0.314 e. The highest BCUT2D eigenvalue weighted by Crippen LogP contribution is 2.23. The lowest BCUT2D eigenvalue weighted by molar-refractivity contribution is -0.152. The molecule has 148 valence electrons. The van der Waals surface area contributed by atoms with E-state index < -0.39 is 5.41 Å². The van der Waals surface area contributed by atoms with Crippen molar-refractivity contribution in [3.05, 3.63) is 48.2 Å². The zero-order chi connectivity index (χ0) is 20.7. The third kappa shape index (κ3) is 5.29. The van der Waals surface area contributed by atoms with Gasteiger partial charge in [0, 0.05) is 23.4 Å². The number of hydrogen-bond acceptors (Lipinski definition) is 6. The molecule has 0 aliphatic heterocycles. The van der Waals surface area contributed by atoms with Gasteiger partial charge in [-0.1, -0.05) is 24.3 Å². The van der Waals surface area contributed by atoms with E-state index >= 15 is 0 Å². The SMILES string of the molecule is COC(=N)N=C(N)c1ccc(-c2ccc(OCC(C)(C)C(=O)OC)nc2)cc1. The predicted octanol–water partition coefficient (Wildman–Crippen LogP) is 2.61. The molecule has 0 fully saturated rings. The van der Waals surface area contributed by atoms with Gasteiger partial charge in [0.25, 0.3) is 0 Å². The maximum Gasteiger partial charge on any atom is 0.314 e. The Bertz CT molecular complexity index is 859. The molecule has 0 radical (unpaired) electrons. The number of hydrogen-bond donors (Lipinski definition) is 2. The third-order valence-electron chi connectivity index (χ3n) is 3.98. The van der Waals surface area contributed by atoms with E-state index in [9.17, 15) is 4.79 Å². The van der Waals surface area contributed by atoms with Gasteiger partial charge in [-0.25, -0.2) is 10.4 Å². The Morgan fingerprint density at radius 1 is 1.11 bits per heavy atom. The number of amidine groups is 2. The lowest BCUT2D eigenvalue weighted by Gasteiger charge is -2.21. The number of benzene rings is 1. The number of carbonyl (C=O) groups is 1. The first kappa shape index (κ1) is 20.9. The fourth-order valence-corrected chi connectivity index (χ4v) is 2.28. The molecule has 2 aromatic rings.